The van der Waals surface area contributed by atoms with Crippen LogP contribution in [0.25, 0.3) is 11.0 Å². The molecule has 4 rings (SSSR count). The lowest BCUT2D eigenvalue weighted by Gasteiger charge is -2.26. The molecule has 1 atom stereocenters. The Bertz CT molecular complexity index is 1210. The molecule has 0 radical (unpaired) electrons. The van der Waals surface area contributed by atoms with Crippen molar-refractivity contribution in [2.75, 3.05) is 13.7 Å². The first-order valence-electron chi connectivity index (χ1n) is 9.67. The van der Waals surface area contributed by atoms with Crippen molar-refractivity contribution in [1.29, 1.82) is 0 Å². The van der Waals surface area contributed by atoms with Crippen LogP contribution >= 0.6 is 11.6 Å². The molecule has 2 heterocycles. The van der Waals surface area contributed by atoms with Crippen LogP contribution in [-0.4, -0.2) is 35.4 Å². The minimum absolute atomic E-state index is 0.0737. The van der Waals surface area contributed by atoms with Crippen molar-refractivity contribution >= 4 is 34.3 Å². The molecule has 2 aromatic carbocycles. The number of ketones is 1. The van der Waals surface area contributed by atoms with Gasteiger partial charge in [-0.05, 0) is 36.2 Å². The molecule has 1 aromatic heterocycles. The van der Waals surface area contributed by atoms with Crippen molar-refractivity contribution in [3.8, 4) is 5.75 Å². The summed E-state index contributed by atoms with van der Waals surface area (Å²) >= 11 is 6.09. The standard InChI is InChI=1S/C23H19ClFNO5/c1-3-8-26-19(12-4-6-15(25)7-5-12)18(21(28)23(26)29)20(27)16-10-13-9-14(24)11-17(30-2)22(13)31-16/h4-7,9-11,19,28H,3,8H2,1-2H3. The van der Waals surface area contributed by atoms with Gasteiger partial charge in [0, 0.05) is 23.0 Å². The second-order valence-electron chi connectivity index (χ2n) is 7.18. The minimum Gasteiger partial charge on any atom is -0.503 e. The van der Waals surface area contributed by atoms with Crippen LogP contribution in [0.2, 0.25) is 5.02 Å². The quantitative estimate of drug-likeness (QED) is 0.528. The lowest BCUT2D eigenvalue weighted by Crippen LogP contribution is -2.31. The van der Waals surface area contributed by atoms with Gasteiger partial charge >= 0.3 is 0 Å². The summed E-state index contributed by atoms with van der Waals surface area (Å²) < 4.78 is 24.5. The van der Waals surface area contributed by atoms with E-state index in [0.717, 1.165) is 0 Å². The third kappa shape index (κ3) is 3.55. The number of benzene rings is 2. The van der Waals surface area contributed by atoms with Gasteiger partial charge in [0.1, 0.15) is 5.82 Å². The summed E-state index contributed by atoms with van der Waals surface area (Å²) in [6, 6.07) is 9.27. The number of carbonyl (C=O) groups excluding carboxylic acids is 2. The van der Waals surface area contributed by atoms with E-state index in [0.29, 0.717) is 40.3 Å². The lowest BCUT2D eigenvalue weighted by molar-refractivity contribution is -0.129. The van der Waals surface area contributed by atoms with Crippen LogP contribution in [0.15, 0.2) is 58.2 Å². The molecule has 0 spiro atoms. The Morgan fingerprint density at radius 2 is 1.97 bits per heavy atom. The number of methoxy groups -OCH3 is 1. The predicted molar refractivity (Wildman–Crippen MR) is 113 cm³/mol. The highest BCUT2D eigenvalue weighted by Crippen LogP contribution is 2.40. The molecule has 3 aromatic rings. The topological polar surface area (TPSA) is 80.0 Å². The summed E-state index contributed by atoms with van der Waals surface area (Å²) in [5.74, 6) is -2.11. The number of Topliss-reactive ketones (excluding diaryl/α,β-unsaturated/α-hetero) is 1. The van der Waals surface area contributed by atoms with E-state index in [4.69, 9.17) is 20.8 Å². The number of halogens is 2. The summed E-state index contributed by atoms with van der Waals surface area (Å²) in [6.07, 6.45) is 0.610. The van der Waals surface area contributed by atoms with E-state index in [1.54, 1.807) is 12.1 Å². The maximum atomic E-state index is 13.5. The molecular weight excluding hydrogens is 425 g/mol. The molecule has 1 aliphatic rings. The van der Waals surface area contributed by atoms with Crippen molar-refractivity contribution in [2.45, 2.75) is 19.4 Å². The van der Waals surface area contributed by atoms with Crippen LogP contribution in [0, 0.1) is 5.82 Å². The van der Waals surface area contributed by atoms with E-state index < -0.39 is 29.3 Å². The summed E-state index contributed by atoms with van der Waals surface area (Å²) in [6.45, 7) is 2.19. The number of hydrogen-bond acceptors (Lipinski definition) is 5. The van der Waals surface area contributed by atoms with Crippen LogP contribution in [0.1, 0.15) is 35.5 Å². The number of hydrogen-bond donors (Lipinski definition) is 1. The first kappa shape index (κ1) is 20.9. The molecule has 1 amide bonds. The Kier molecular flexibility index (Phi) is 5.45. The molecule has 0 aliphatic carbocycles. The van der Waals surface area contributed by atoms with Crippen LogP contribution in [-0.2, 0) is 4.79 Å². The SMILES string of the molecule is CCCN1C(=O)C(O)=C(C(=O)c2cc3cc(Cl)cc(OC)c3o2)C1c1ccc(F)cc1. The molecule has 0 saturated heterocycles. The second kappa shape index (κ2) is 8.07. The van der Waals surface area contributed by atoms with Crippen LogP contribution in [0.5, 0.6) is 5.75 Å². The van der Waals surface area contributed by atoms with E-state index in [1.165, 1.54) is 42.3 Å². The number of furan rings is 1. The highest BCUT2D eigenvalue weighted by molar-refractivity contribution is 6.31. The first-order valence-corrected chi connectivity index (χ1v) is 10.0. The Balaban J connectivity index is 1.83. The van der Waals surface area contributed by atoms with Crippen molar-refractivity contribution in [3.05, 3.63) is 76.0 Å². The third-order valence-electron chi connectivity index (χ3n) is 5.19. The third-order valence-corrected chi connectivity index (χ3v) is 5.41. The molecule has 0 fully saturated rings. The van der Waals surface area contributed by atoms with Gasteiger partial charge in [-0.25, -0.2) is 4.39 Å². The van der Waals surface area contributed by atoms with Gasteiger partial charge in [0.15, 0.2) is 22.9 Å². The van der Waals surface area contributed by atoms with Gasteiger partial charge in [-0.3, -0.25) is 9.59 Å². The summed E-state index contributed by atoms with van der Waals surface area (Å²) in [4.78, 5) is 27.6. The smallest absolute Gasteiger partial charge is 0.290 e. The Morgan fingerprint density at radius 3 is 2.61 bits per heavy atom. The number of rotatable bonds is 6. The molecule has 31 heavy (non-hydrogen) atoms. The fourth-order valence-corrected chi connectivity index (χ4v) is 4.05. The Labute approximate surface area is 182 Å². The van der Waals surface area contributed by atoms with Crippen molar-refractivity contribution in [1.82, 2.24) is 4.90 Å². The number of aliphatic hydroxyl groups is 1. The maximum Gasteiger partial charge on any atom is 0.290 e. The number of nitrogens with zero attached hydrogens (tertiary/aromatic N) is 1. The molecule has 1 unspecified atom stereocenters. The highest BCUT2D eigenvalue weighted by Gasteiger charge is 2.44. The number of fused-ring (bicyclic) bond motifs is 1. The van der Waals surface area contributed by atoms with Gasteiger partial charge in [0.2, 0.25) is 5.78 Å². The maximum absolute atomic E-state index is 13.5. The fraction of sp³-hybridized carbons (Fsp3) is 0.217. The summed E-state index contributed by atoms with van der Waals surface area (Å²) in [5.41, 5.74) is 0.713. The molecule has 6 nitrogen and oxygen atoms in total. The van der Waals surface area contributed by atoms with Gasteiger partial charge in [-0.15, -0.1) is 0 Å². The number of carbonyl (C=O) groups is 2. The zero-order valence-corrected chi connectivity index (χ0v) is 17.6. The van der Waals surface area contributed by atoms with Gasteiger partial charge in [-0.2, -0.15) is 0 Å². The molecular formula is C23H19ClFNO5. The summed E-state index contributed by atoms with van der Waals surface area (Å²) in [7, 11) is 1.45. The summed E-state index contributed by atoms with van der Waals surface area (Å²) in [5, 5.41) is 11.5. The number of ether oxygens (including phenoxy) is 1. The molecule has 0 saturated carbocycles. The van der Waals surface area contributed by atoms with Crippen molar-refractivity contribution in [3.63, 3.8) is 0 Å². The van der Waals surface area contributed by atoms with Gasteiger partial charge in [-0.1, -0.05) is 30.7 Å². The average Bonchev–Trinajstić information content (AvgIpc) is 3.28. The fourth-order valence-electron chi connectivity index (χ4n) is 3.83. The first-order chi connectivity index (χ1) is 14.8. The average molecular weight is 444 g/mol. The van der Waals surface area contributed by atoms with E-state index >= 15 is 0 Å². The molecule has 8 heteroatoms. The number of amides is 1. The van der Waals surface area contributed by atoms with Gasteiger partial charge < -0.3 is 19.2 Å². The van der Waals surface area contributed by atoms with Crippen LogP contribution in [0.3, 0.4) is 0 Å². The molecule has 1 aliphatic heterocycles. The molecule has 1 N–H and O–H groups in total. The van der Waals surface area contributed by atoms with Crippen molar-refractivity contribution in [2.24, 2.45) is 0 Å². The molecule has 0 bridgehead atoms. The van der Waals surface area contributed by atoms with Crippen LogP contribution in [0.4, 0.5) is 4.39 Å². The van der Waals surface area contributed by atoms with Crippen molar-refractivity contribution < 1.29 is 28.2 Å². The van der Waals surface area contributed by atoms with Crippen LogP contribution < -0.4 is 4.74 Å². The van der Waals surface area contributed by atoms with Gasteiger partial charge in [0.05, 0.1) is 18.7 Å². The molecule has 160 valence electrons. The zero-order chi connectivity index (χ0) is 22.3. The van der Waals surface area contributed by atoms with E-state index in [1.807, 2.05) is 6.92 Å². The monoisotopic (exact) mass is 443 g/mol. The lowest BCUT2D eigenvalue weighted by atomic mass is 9.95. The van der Waals surface area contributed by atoms with E-state index in [9.17, 15) is 19.1 Å². The van der Waals surface area contributed by atoms with Gasteiger partial charge in [0.25, 0.3) is 5.91 Å². The normalized spacial score (nSPS) is 16.5. The zero-order valence-electron chi connectivity index (χ0n) is 16.8. The Morgan fingerprint density at radius 1 is 1.26 bits per heavy atom. The van der Waals surface area contributed by atoms with E-state index in [2.05, 4.69) is 0 Å². The minimum atomic E-state index is -0.862. The Hall–Kier alpha value is -3.32. The number of aliphatic hydroxyl groups excluding tert-OH is 1. The predicted octanol–water partition coefficient (Wildman–Crippen LogP) is 5.22. The second-order valence-corrected chi connectivity index (χ2v) is 7.62. The van der Waals surface area contributed by atoms with E-state index in [-0.39, 0.29) is 11.3 Å². The largest absolute Gasteiger partial charge is 0.503 e. The highest BCUT2D eigenvalue weighted by atomic mass is 35.5.